The van der Waals surface area contributed by atoms with Crippen LogP contribution in [0.5, 0.6) is 0 Å². The van der Waals surface area contributed by atoms with Gasteiger partial charge in [-0.1, -0.05) is 0 Å². The van der Waals surface area contributed by atoms with Gasteiger partial charge in [0.25, 0.3) is 0 Å². The number of aromatic nitrogens is 1. The van der Waals surface area contributed by atoms with Gasteiger partial charge in [-0.2, -0.15) is 0 Å². The van der Waals surface area contributed by atoms with Crippen molar-refractivity contribution in [1.82, 2.24) is 15.6 Å². The number of hydrogen-bond acceptors (Lipinski definition) is 6. The van der Waals surface area contributed by atoms with Gasteiger partial charge >= 0.3 is 5.97 Å². The lowest BCUT2D eigenvalue weighted by molar-refractivity contribution is -0.144. The molecule has 0 spiro atoms. The van der Waals surface area contributed by atoms with E-state index in [1.54, 1.807) is 11.3 Å². The molecule has 1 atom stereocenters. The van der Waals surface area contributed by atoms with Gasteiger partial charge < -0.3 is 15.4 Å². The Balaban J connectivity index is 2.31. The summed E-state index contributed by atoms with van der Waals surface area (Å²) >= 11 is 1.62. The molecule has 6 nitrogen and oxygen atoms in total. The number of carbonyl (C=O) groups excluding carboxylic acids is 2. The summed E-state index contributed by atoms with van der Waals surface area (Å²) in [5.74, 6) is -0.709. The molecular weight excluding hydrogens is 266 g/mol. The van der Waals surface area contributed by atoms with Gasteiger partial charge in [0.15, 0.2) is 0 Å². The first kappa shape index (κ1) is 15.6. The lowest BCUT2D eigenvalue weighted by Crippen LogP contribution is -2.47. The number of nitrogens with zero attached hydrogens (tertiary/aromatic N) is 1. The van der Waals surface area contributed by atoms with E-state index in [1.807, 2.05) is 12.3 Å². The van der Waals surface area contributed by atoms with Crippen molar-refractivity contribution < 1.29 is 14.3 Å². The van der Waals surface area contributed by atoms with Crippen molar-refractivity contribution >= 4 is 23.2 Å². The van der Waals surface area contributed by atoms with Crippen LogP contribution in [0, 0.1) is 6.92 Å². The standard InChI is InChI=1S/C12H19N3O3S/c1-8(16)14-11(12(17)18-3)6-13-5-4-10-7-19-9(2)15-10/h7,11,13H,4-6H2,1-3H3,(H,14,16). The van der Waals surface area contributed by atoms with E-state index in [0.717, 1.165) is 17.1 Å². The molecule has 0 saturated carbocycles. The average molecular weight is 285 g/mol. The maximum atomic E-state index is 11.4. The zero-order chi connectivity index (χ0) is 14.3. The molecule has 0 aromatic carbocycles. The first-order valence-electron chi connectivity index (χ1n) is 5.99. The Kier molecular flexibility index (Phi) is 6.44. The third-order valence-electron chi connectivity index (χ3n) is 2.44. The van der Waals surface area contributed by atoms with Gasteiger partial charge in [0.2, 0.25) is 5.91 Å². The normalized spacial score (nSPS) is 11.9. The number of esters is 1. The highest BCUT2D eigenvalue weighted by Crippen LogP contribution is 2.07. The first-order chi connectivity index (χ1) is 9.02. The van der Waals surface area contributed by atoms with Gasteiger partial charge in [-0.15, -0.1) is 11.3 Å². The predicted molar refractivity (Wildman–Crippen MR) is 73.0 cm³/mol. The third-order valence-corrected chi connectivity index (χ3v) is 3.26. The largest absolute Gasteiger partial charge is 0.467 e. The fourth-order valence-corrected chi connectivity index (χ4v) is 2.21. The fraction of sp³-hybridized carbons (Fsp3) is 0.583. The molecule has 0 fully saturated rings. The van der Waals surface area contributed by atoms with Crippen LogP contribution < -0.4 is 10.6 Å². The second kappa shape index (κ2) is 7.85. The number of hydrogen-bond donors (Lipinski definition) is 2. The minimum Gasteiger partial charge on any atom is -0.467 e. The molecule has 1 aromatic heterocycles. The molecule has 2 N–H and O–H groups in total. The summed E-state index contributed by atoms with van der Waals surface area (Å²) in [6.07, 6.45) is 0.790. The summed E-state index contributed by atoms with van der Waals surface area (Å²) in [7, 11) is 1.30. The van der Waals surface area contributed by atoms with E-state index in [4.69, 9.17) is 0 Å². The Labute approximate surface area is 116 Å². The van der Waals surface area contributed by atoms with Crippen LogP contribution in [0.25, 0.3) is 0 Å². The van der Waals surface area contributed by atoms with Crippen molar-refractivity contribution in [3.63, 3.8) is 0 Å². The van der Waals surface area contributed by atoms with Crippen molar-refractivity contribution in [1.29, 1.82) is 0 Å². The molecule has 1 aromatic rings. The van der Waals surface area contributed by atoms with Crippen molar-refractivity contribution in [2.45, 2.75) is 26.3 Å². The smallest absolute Gasteiger partial charge is 0.329 e. The summed E-state index contributed by atoms with van der Waals surface area (Å²) < 4.78 is 4.63. The molecule has 19 heavy (non-hydrogen) atoms. The van der Waals surface area contributed by atoms with Gasteiger partial charge in [0, 0.05) is 31.8 Å². The Morgan fingerprint density at radius 2 is 2.26 bits per heavy atom. The zero-order valence-corrected chi connectivity index (χ0v) is 12.2. The Morgan fingerprint density at radius 1 is 1.53 bits per heavy atom. The van der Waals surface area contributed by atoms with Crippen LogP contribution in [0.15, 0.2) is 5.38 Å². The molecule has 106 valence electrons. The predicted octanol–water partition coefficient (Wildman–Crippen LogP) is 0.261. The second-order valence-corrected chi connectivity index (χ2v) is 5.15. The van der Waals surface area contributed by atoms with Crippen molar-refractivity contribution in [2.75, 3.05) is 20.2 Å². The minimum absolute atomic E-state index is 0.257. The van der Waals surface area contributed by atoms with E-state index in [9.17, 15) is 9.59 Å². The second-order valence-electron chi connectivity index (χ2n) is 4.09. The zero-order valence-electron chi connectivity index (χ0n) is 11.4. The van der Waals surface area contributed by atoms with Crippen molar-refractivity contribution in [2.24, 2.45) is 0 Å². The van der Waals surface area contributed by atoms with E-state index in [1.165, 1.54) is 14.0 Å². The van der Waals surface area contributed by atoms with E-state index < -0.39 is 12.0 Å². The summed E-state index contributed by atoms with van der Waals surface area (Å²) in [6.45, 7) is 4.37. The lowest BCUT2D eigenvalue weighted by atomic mass is 10.2. The molecule has 0 aliphatic heterocycles. The maximum absolute atomic E-state index is 11.4. The molecule has 0 radical (unpaired) electrons. The number of methoxy groups -OCH3 is 1. The van der Waals surface area contributed by atoms with Crippen LogP contribution in [-0.2, 0) is 20.7 Å². The van der Waals surface area contributed by atoms with E-state index in [2.05, 4.69) is 20.4 Å². The van der Waals surface area contributed by atoms with Gasteiger partial charge in [-0.3, -0.25) is 4.79 Å². The number of carbonyl (C=O) groups is 2. The van der Waals surface area contributed by atoms with Crippen molar-refractivity contribution in [3.8, 4) is 0 Å². The molecule has 1 amide bonds. The van der Waals surface area contributed by atoms with E-state index >= 15 is 0 Å². The SMILES string of the molecule is COC(=O)C(CNCCc1csc(C)n1)NC(C)=O. The Hall–Kier alpha value is -1.47. The molecule has 0 aliphatic rings. The van der Waals surface area contributed by atoms with Crippen LogP contribution in [0.4, 0.5) is 0 Å². The number of nitrogens with one attached hydrogen (secondary N) is 2. The highest BCUT2D eigenvalue weighted by Gasteiger charge is 2.19. The highest BCUT2D eigenvalue weighted by molar-refractivity contribution is 7.09. The summed E-state index contributed by atoms with van der Waals surface area (Å²) in [5.41, 5.74) is 1.03. The van der Waals surface area contributed by atoms with Gasteiger partial charge in [-0.05, 0) is 6.92 Å². The van der Waals surface area contributed by atoms with Crippen LogP contribution in [-0.4, -0.2) is 43.1 Å². The third kappa shape index (κ3) is 5.80. The summed E-state index contributed by atoms with van der Waals surface area (Å²) in [5, 5.41) is 8.72. The van der Waals surface area contributed by atoms with Crippen molar-refractivity contribution in [3.05, 3.63) is 16.1 Å². The number of rotatable bonds is 7. The number of aryl methyl sites for hydroxylation is 1. The van der Waals surface area contributed by atoms with Gasteiger partial charge in [0.1, 0.15) is 6.04 Å². The topological polar surface area (TPSA) is 80.3 Å². The molecule has 1 unspecified atom stereocenters. The monoisotopic (exact) mass is 285 g/mol. The summed E-state index contributed by atoms with van der Waals surface area (Å²) in [4.78, 5) is 26.7. The highest BCUT2D eigenvalue weighted by atomic mass is 32.1. The fourth-order valence-electron chi connectivity index (χ4n) is 1.57. The van der Waals surface area contributed by atoms with E-state index in [0.29, 0.717) is 13.1 Å². The van der Waals surface area contributed by atoms with E-state index in [-0.39, 0.29) is 5.91 Å². The molecule has 0 saturated heterocycles. The molecule has 0 aliphatic carbocycles. The van der Waals surface area contributed by atoms with Crippen LogP contribution in [0.1, 0.15) is 17.6 Å². The van der Waals surface area contributed by atoms with Crippen LogP contribution in [0.2, 0.25) is 0 Å². The maximum Gasteiger partial charge on any atom is 0.329 e. The van der Waals surface area contributed by atoms with Gasteiger partial charge in [0.05, 0.1) is 17.8 Å². The summed E-state index contributed by atoms with van der Waals surface area (Å²) in [6, 6.07) is -0.653. The molecule has 1 heterocycles. The quantitative estimate of drug-likeness (QED) is 0.555. The Bertz CT molecular complexity index is 434. The minimum atomic E-state index is -0.653. The number of amides is 1. The number of ether oxygens (including phenoxy) is 1. The van der Waals surface area contributed by atoms with Crippen LogP contribution in [0.3, 0.4) is 0 Å². The number of thiazole rings is 1. The Morgan fingerprint density at radius 3 is 2.79 bits per heavy atom. The molecule has 1 rings (SSSR count). The average Bonchev–Trinajstić information content (AvgIpc) is 2.77. The molecule has 7 heteroatoms. The van der Waals surface area contributed by atoms with Gasteiger partial charge in [-0.25, -0.2) is 9.78 Å². The van der Waals surface area contributed by atoms with Crippen LogP contribution >= 0.6 is 11.3 Å². The molecular formula is C12H19N3O3S. The first-order valence-corrected chi connectivity index (χ1v) is 6.87. The molecule has 0 bridgehead atoms. The lowest BCUT2D eigenvalue weighted by Gasteiger charge is -2.15.